The Morgan fingerprint density at radius 2 is 2.29 bits per heavy atom. The van der Waals surface area contributed by atoms with E-state index in [1.54, 1.807) is 10.9 Å². The van der Waals surface area contributed by atoms with Crippen molar-refractivity contribution in [2.45, 2.75) is 33.4 Å². The molecular weight excluding hydrogens is 234 g/mol. The molecule has 17 heavy (non-hydrogen) atoms. The van der Waals surface area contributed by atoms with Crippen LogP contribution in [0.15, 0.2) is 16.5 Å². The maximum absolute atomic E-state index is 12.1. The molecule has 0 atom stereocenters. The Balaban J connectivity index is 2.24. The topological polar surface area (TPSA) is 46.9 Å². The van der Waals surface area contributed by atoms with Crippen LogP contribution in [0, 0.1) is 6.92 Å². The van der Waals surface area contributed by atoms with Crippen molar-refractivity contribution < 1.29 is 0 Å². The summed E-state index contributed by atoms with van der Waals surface area (Å²) in [6.45, 7) is 7.61. The molecule has 2 aromatic heterocycles. The summed E-state index contributed by atoms with van der Waals surface area (Å²) in [6.07, 6.45) is 1.65. The van der Waals surface area contributed by atoms with Crippen molar-refractivity contribution >= 4 is 21.6 Å². The molecule has 1 N–H and O–H groups in total. The zero-order valence-corrected chi connectivity index (χ0v) is 11.2. The highest BCUT2D eigenvalue weighted by molar-refractivity contribution is 7.17. The maximum atomic E-state index is 12.1. The SMILES string of the molecule is Cc1csc2c(=O)n(CCNC(C)C)cnc12. The zero-order valence-electron chi connectivity index (χ0n) is 10.4. The number of hydrogen-bond donors (Lipinski definition) is 1. The standard InChI is InChI=1S/C12H17N3OS/c1-8(2)13-4-5-15-7-14-10-9(3)6-17-11(10)12(15)16/h6-8,13H,4-5H2,1-3H3. The summed E-state index contributed by atoms with van der Waals surface area (Å²) in [6, 6.07) is 0.436. The van der Waals surface area contributed by atoms with E-state index >= 15 is 0 Å². The van der Waals surface area contributed by atoms with Crippen molar-refractivity contribution in [3.63, 3.8) is 0 Å². The normalized spacial score (nSPS) is 11.5. The lowest BCUT2D eigenvalue weighted by Crippen LogP contribution is -2.30. The Kier molecular flexibility index (Phi) is 3.59. The summed E-state index contributed by atoms with van der Waals surface area (Å²) in [5.41, 5.74) is 1.99. The number of fused-ring (bicyclic) bond motifs is 1. The molecule has 0 spiro atoms. The predicted molar refractivity (Wildman–Crippen MR) is 71.8 cm³/mol. The van der Waals surface area contributed by atoms with Crippen molar-refractivity contribution in [1.29, 1.82) is 0 Å². The number of nitrogens with zero attached hydrogens (tertiary/aromatic N) is 2. The second-order valence-corrected chi connectivity index (χ2v) is 5.33. The van der Waals surface area contributed by atoms with Gasteiger partial charge in [0.15, 0.2) is 0 Å². The highest BCUT2D eigenvalue weighted by Crippen LogP contribution is 2.19. The van der Waals surface area contributed by atoms with Crippen LogP contribution in [0.25, 0.3) is 10.2 Å². The number of rotatable bonds is 4. The summed E-state index contributed by atoms with van der Waals surface area (Å²) in [5.74, 6) is 0. The molecule has 0 saturated carbocycles. The van der Waals surface area contributed by atoms with E-state index in [-0.39, 0.29) is 5.56 Å². The number of nitrogens with one attached hydrogen (secondary N) is 1. The number of aromatic nitrogens is 2. The van der Waals surface area contributed by atoms with Gasteiger partial charge in [-0.15, -0.1) is 11.3 Å². The van der Waals surface area contributed by atoms with Gasteiger partial charge >= 0.3 is 0 Å². The molecule has 0 aromatic carbocycles. The molecule has 0 aliphatic carbocycles. The summed E-state index contributed by atoms with van der Waals surface area (Å²) in [5, 5.41) is 5.27. The molecule has 92 valence electrons. The molecule has 0 aliphatic rings. The molecule has 0 amide bonds. The van der Waals surface area contributed by atoms with Crippen LogP contribution in [0.5, 0.6) is 0 Å². The molecule has 0 bridgehead atoms. The lowest BCUT2D eigenvalue weighted by Gasteiger charge is -2.09. The molecule has 0 aliphatic heterocycles. The summed E-state index contributed by atoms with van der Waals surface area (Å²) in [4.78, 5) is 16.5. The quantitative estimate of drug-likeness (QED) is 0.900. The monoisotopic (exact) mass is 251 g/mol. The van der Waals surface area contributed by atoms with Gasteiger partial charge in [-0.1, -0.05) is 13.8 Å². The summed E-state index contributed by atoms with van der Waals surface area (Å²) < 4.78 is 2.43. The van der Waals surface area contributed by atoms with Gasteiger partial charge in [0.05, 0.1) is 11.8 Å². The van der Waals surface area contributed by atoms with Gasteiger partial charge in [-0.3, -0.25) is 9.36 Å². The molecule has 4 nitrogen and oxygen atoms in total. The average Bonchev–Trinajstić information content (AvgIpc) is 2.64. The van der Waals surface area contributed by atoms with Gasteiger partial charge in [-0.25, -0.2) is 4.98 Å². The first kappa shape index (κ1) is 12.3. The minimum Gasteiger partial charge on any atom is -0.313 e. The van der Waals surface area contributed by atoms with E-state index in [1.807, 2.05) is 12.3 Å². The average molecular weight is 251 g/mol. The van der Waals surface area contributed by atoms with Gasteiger partial charge in [-0.05, 0) is 17.9 Å². The van der Waals surface area contributed by atoms with Gasteiger partial charge in [0.1, 0.15) is 4.70 Å². The fourth-order valence-corrected chi connectivity index (χ4v) is 2.64. The molecular formula is C12H17N3OS. The first-order chi connectivity index (χ1) is 8.09. The van der Waals surface area contributed by atoms with E-state index in [1.165, 1.54) is 11.3 Å². The highest BCUT2D eigenvalue weighted by atomic mass is 32.1. The Labute approximate surface area is 104 Å². The largest absolute Gasteiger partial charge is 0.313 e. The third-order valence-corrected chi connectivity index (χ3v) is 3.70. The van der Waals surface area contributed by atoms with Crippen LogP contribution in [0.4, 0.5) is 0 Å². The van der Waals surface area contributed by atoms with E-state index in [0.717, 1.165) is 22.3 Å². The fraction of sp³-hybridized carbons (Fsp3) is 0.500. The maximum Gasteiger partial charge on any atom is 0.271 e. The molecule has 0 unspecified atom stereocenters. The van der Waals surface area contributed by atoms with Crippen LogP contribution in [-0.4, -0.2) is 22.1 Å². The van der Waals surface area contributed by atoms with Crippen molar-refractivity contribution in [2.75, 3.05) is 6.54 Å². The second kappa shape index (κ2) is 4.98. The lowest BCUT2D eigenvalue weighted by molar-refractivity contribution is 0.532. The molecule has 0 radical (unpaired) electrons. The van der Waals surface area contributed by atoms with Crippen LogP contribution in [-0.2, 0) is 6.54 Å². The minimum atomic E-state index is 0.0682. The molecule has 2 heterocycles. The fourth-order valence-electron chi connectivity index (χ4n) is 1.69. The summed E-state index contributed by atoms with van der Waals surface area (Å²) >= 11 is 1.48. The Morgan fingerprint density at radius 3 is 3.00 bits per heavy atom. The zero-order chi connectivity index (χ0) is 12.4. The van der Waals surface area contributed by atoms with Gasteiger partial charge in [0.2, 0.25) is 0 Å². The van der Waals surface area contributed by atoms with Gasteiger partial charge in [0, 0.05) is 19.1 Å². The van der Waals surface area contributed by atoms with Crippen molar-refractivity contribution in [3.8, 4) is 0 Å². The van der Waals surface area contributed by atoms with Crippen LogP contribution >= 0.6 is 11.3 Å². The minimum absolute atomic E-state index is 0.0682. The van der Waals surface area contributed by atoms with Gasteiger partial charge in [0.25, 0.3) is 5.56 Å². The highest BCUT2D eigenvalue weighted by Gasteiger charge is 2.07. The predicted octanol–water partition coefficient (Wildman–Crippen LogP) is 1.76. The third-order valence-electron chi connectivity index (χ3n) is 2.63. The molecule has 2 aromatic rings. The first-order valence-corrected chi connectivity index (χ1v) is 6.64. The number of hydrogen-bond acceptors (Lipinski definition) is 4. The van der Waals surface area contributed by atoms with Crippen LogP contribution in [0.2, 0.25) is 0 Å². The summed E-state index contributed by atoms with van der Waals surface area (Å²) in [7, 11) is 0. The molecule has 2 rings (SSSR count). The van der Waals surface area contributed by atoms with E-state index in [4.69, 9.17) is 0 Å². The van der Waals surface area contributed by atoms with Crippen LogP contribution in [0.3, 0.4) is 0 Å². The molecule has 0 fully saturated rings. The number of thiophene rings is 1. The van der Waals surface area contributed by atoms with E-state index in [0.29, 0.717) is 12.6 Å². The van der Waals surface area contributed by atoms with Crippen LogP contribution in [0.1, 0.15) is 19.4 Å². The second-order valence-electron chi connectivity index (χ2n) is 4.45. The smallest absolute Gasteiger partial charge is 0.271 e. The molecule has 0 saturated heterocycles. The first-order valence-electron chi connectivity index (χ1n) is 5.76. The van der Waals surface area contributed by atoms with Crippen LogP contribution < -0.4 is 10.9 Å². The van der Waals surface area contributed by atoms with Crippen molar-refractivity contribution in [3.05, 3.63) is 27.6 Å². The van der Waals surface area contributed by atoms with Crippen molar-refractivity contribution in [1.82, 2.24) is 14.9 Å². The van der Waals surface area contributed by atoms with E-state index < -0.39 is 0 Å². The van der Waals surface area contributed by atoms with Gasteiger partial charge < -0.3 is 5.32 Å². The van der Waals surface area contributed by atoms with Crippen molar-refractivity contribution in [2.24, 2.45) is 0 Å². The third kappa shape index (κ3) is 2.56. The molecule has 5 heteroatoms. The van der Waals surface area contributed by atoms with E-state index in [9.17, 15) is 4.79 Å². The Hall–Kier alpha value is -1.20. The Morgan fingerprint density at radius 1 is 1.53 bits per heavy atom. The Bertz CT molecular complexity index is 571. The van der Waals surface area contributed by atoms with E-state index in [2.05, 4.69) is 24.1 Å². The van der Waals surface area contributed by atoms with Gasteiger partial charge in [-0.2, -0.15) is 0 Å². The lowest BCUT2D eigenvalue weighted by atomic mass is 10.3. The number of aryl methyl sites for hydroxylation is 1.